The van der Waals surface area contributed by atoms with Gasteiger partial charge in [0.25, 0.3) is 5.91 Å². The average molecular weight is 382 g/mol. The standard InChI is InChI=1S/C25H22N2O2/c1-25(2,3)17-12-10-16(11-13-17)15-29-23-18-7-4-5-8-19(18)26-22-20-9-6-14-27(20)24(28)21(22)23/h4-14H,15H2,1-3H3. The molecule has 2 aromatic carbocycles. The van der Waals surface area contributed by atoms with Gasteiger partial charge in [0.05, 0.1) is 11.2 Å². The first kappa shape index (κ1) is 17.7. The maximum atomic E-state index is 13.0. The second-order valence-corrected chi connectivity index (χ2v) is 8.49. The number of carbonyl (C=O) groups is 1. The minimum atomic E-state index is -0.0867. The van der Waals surface area contributed by atoms with Gasteiger partial charge in [-0.2, -0.15) is 0 Å². The molecule has 0 fully saturated rings. The van der Waals surface area contributed by atoms with Gasteiger partial charge in [0, 0.05) is 11.6 Å². The number of fused-ring (bicyclic) bond motifs is 4. The highest BCUT2D eigenvalue weighted by Crippen LogP contribution is 2.41. The normalized spacial score (nSPS) is 12.9. The molecule has 0 saturated carbocycles. The molecule has 4 aromatic rings. The monoisotopic (exact) mass is 382 g/mol. The van der Waals surface area contributed by atoms with Crippen LogP contribution in [-0.4, -0.2) is 15.5 Å². The van der Waals surface area contributed by atoms with Crippen LogP contribution in [0.15, 0.2) is 66.9 Å². The summed E-state index contributed by atoms with van der Waals surface area (Å²) in [6.45, 7) is 7.00. The van der Waals surface area contributed by atoms with Crippen molar-refractivity contribution in [2.24, 2.45) is 0 Å². The molecule has 0 aliphatic carbocycles. The molecular formula is C25H22N2O2. The largest absolute Gasteiger partial charge is 0.487 e. The SMILES string of the molecule is CC(C)(C)c1ccc(COc2c3c(nc4ccccc24)-c2cccn2C3=O)cc1. The zero-order chi connectivity index (χ0) is 20.2. The van der Waals surface area contributed by atoms with Crippen LogP contribution in [0.5, 0.6) is 5.75 Å². The molecule has 0 N–H and O–H groups in total. The summed E-state index contributed by atoms with van der Waals surface area (Å²) < 4.78 is 7.91. The van der Waals surface area contributed by atoms with Crippen molar-refractivity contribution >= 4 is 16.8 Å². The summed E-state index contributed by atoms with van der Waals surface area (Å²) in [5.41, 5.74) is 5.34. The number of carbonyl (C=O) groups excluding carboxylic acids is 1. The zero-order valence-electron chi connectivity index (χ0n) is 16.8. The van der Waals surface area contributed by atoms with Crippen LogP contribution < -0.4 is 4.74 Å². The number of hydrogen-bond donors (Lipinski definition) is 0. The Morgan fingerprint density at radius 1 is 0.966 bits per heavy atom. The second-order valence-electron chi connectivity index (χ2n) is 8.49. The summed E-state index contributed by atoms with van der Waals surface area (Å²) in [7, 11) is 0. The highest BCUT2D eigenvalue weighted by molar-refractivity contribution is 6.13. The van der Waals surface area contributed by atoms with Crippen LogP contribution in [-0.2, 0) is 12.0 Å². The highest BCUT2D eigenvalue weighted by Gasteiger charge is 2.32. The van der Waals surface area contributed by atoms with Gasteiger partial charge in [0.1, 0.15) is 23.6 Å². The predicted molar refractivity (Wildman–Crippen MR) is 114 cm³/mol. The van der Waals surface area contributed by atoms with Gasteiger partial charge in [-0.05, 0) is 40.8 Å². The smallest absolute Gasteiger partial charge is 0.268 e. The molecule has 144 valence electrons. The first-order valence-electron chi connectivity index (χ1n) is 9.81. The van der Waals surface area contributed by atoms with Crippen molar-refractivity contribution in [2.45, 2.75) is 32.8 Å². The molecule has 1 aliphatic heterocycles. The molecule has 1 aliphatic rings. The Hall–Kier alpha value is -3.40. The molecule has 0 radical (unpaired) electrons. The van der Waals surface area contributed by atoms with Crippen molar-refractivity contribution in [3.63, 3.8) is 0 Å². The fourth-order valence-corrected chi connectivity index (χ4v) is 3.84. The van der Waals surface area contributed by atoms with E-state index in [2.05, 4.69) is 45.0 Å². The Bertz CT molecular complexity index is 1240. The molecule has 0 bridgehead atoms. The van der Waals surface area contributed by atoms with Gasteiger partial charge in [0.15, 0.2) is 0 Å². The van der Waals surface area contributed by atoms with Gasteiger partial charge in [-0.1, -0.05) is 57.2 Å². The van der Waals surface area contributed by atoms with Crippen LogP contribution in [0, 0.1) is 0 Å². The van der Waals surface area contributed by atoms with Crippen LogP contribution >= 0.6 is 0 Å². The third-order valence-electron chi connectivity index (χ3n) is 5.47. The summed E-state index contributed by atoms with van der Waals surface area (Å²) in [5.74, 6) is 0.524. The summed E-state index contributed by atoms with van der Waals surface area (Å²) in [5, 5.41) is 0.858. The number of nitrogens with zero attached hydrogens (tertiary/aromatic N) is 2. The first-order valence-corrected chi connectivity index (χ1v) is 9.81. The number of aromatic nitrogens is 2. The number of pyridine rings is 1. The van der Waals surface area contributed by atoms with Crippen molar-refractivity contribution in [1.82, 2.24) is 9.55 Å². The zero-order valence-corrected chi connectivity index (χ0v) is 16.8. The molecule has 29 heavy (non-hydrogen) atoms. The van der Waals surface area contributed by atoms with E-state index in [1.165, 1.54) is 5.56 Å². The number of ether oxygens (including phenoxy) is 1. The van der Waals surface area contributed by atoms with Gasteiger partial charge in [-0.3, -0.25) is 9.36 Å². The lowest BCUT2D eigenvalue weighted by atomic mass is 9.87. The van der Waals surface area contributed by atoms with E-state index in [1.807, 2.05) is 36.4 Å². The molecule has 5 rings (SSSR count). The minimum Gasteiger partial charge on any atom is -0.487 e. The van der Waals surface area contributed by atoms with Crippen LogP contribution in [0.3, 0.4) is 0 Å². The van der Waals surface area contributed by atoms with Gasteiger partial charge in [-0.25, -0.2) is 4.98 Å². The molecule has 0 atom stereocenters. The van der Waals surface area contributed by atoms with E-state index in [9.17, 15) is 4.79 Å². The molecule has 0 amide bonds. The Morgan fingerprint density at radius 3 is 2.48 bits per heavy atom. The molecule has 3 heterocycles. The molecular weight excluding hydrogens is 360 g/mol. The van der Waals surface area contributed by atoms with Gasteiger partial charge < -0.3 is 4.74 Å². The lowest BCUT2D eigenvalue weighted by Gasteiger charge is -2.19. The maximum absolute atomic E-state index is 13.0. The van der Waals surface area contributed by atoms with Gasteiger partial charge in [-0.15, -0.1) is 0 Å². The third kappa shape index (κ3) is 2.83. The average Bonchev–Trinajstić information content (AvgIpc) is 3.28. The minimum absolute atomic E-state index is 0.0867. The Balaban J connectivity index is 1.56. The maximum Gasteiger partial charge on any atom is 0.268 e. The van der Waals surface area contributed by atoms with E-state index >= 15 is 0 Å². The summed E-state index contributed by atoms with van der Waals surface area (Å²) >= 11 is 0. The van der Waals surface area contributed by atoms with Crippen molar-refractivity contribution in [3.05, 3.63) is 83.6 Å². The Kier molecular flexibility index (Phi) is 3.85. The van der Waals surface area contributed by atoms with Crippen LogP contribution in [0.25, 0.3) is 22.3 Å². The summed E-state index contributed by atoms with van der Waals surface area (Å²) in [4.78, 5) is 17.8. The van der Waals surface area contributed by atoms with Crippen LogP contribution in [0.2, 0.25) is 0 Å². The topological polar surface area (TPSA) is 44.1 Å². The molecule has 4 nitrogen and oxygen atoms in total. The quantitative estimate of drug-likeness (QED) is 0.409. The van der Waals surface area contributed by atoms with E-state index < -0.39 is 0 Å². The Morgan fingerprint density at radius 2 is 1.72 bits per heavy atom. The number of rotatable bonds is 3. The summed E-state index contributed by atoms with van der Waals surface area (Å²) in [6.07, 6.45) is 1.78. The predicted octanol–water partition coefficient (Wildman–Crippen LogP) is 5.58. The first-order chi connectivity index (χ1) is 13.9. The fraction of sp³-hybridized carbons (Fsp3) is 0.200. The van der Waals surface area contributed by atoms with Crippen LogP contribution in [0.4, 0.5) is 0 Å². The number of para-hydroxylation sites is 1. The molecule has 0 spiro atoms. The van der Waals surface area contributed by atoms with E-state index in [1.54, 1.807) is 10.8 Å². The number of hydrogen-bond acceptors (Lipinski definition) is 3. The molecule has 0 unspecified atom stereocenters. The van der Waals surface area contributed by atoms with Crippen LogP contribution in [0.1, 0.15) is 42.3 Å². The Labute approximate surface area is 169 Å². The van der Waals surface area contributed by atoms with E-state index in [0.717, 1.165) is 22.2 Å². The van der Waals surface area contributed by atoms with Crippen molar-refractivity contribution in [3.8, 4) is 17.1 Å². The molecule has 0 saturated heterocycles. The van der Waals surface area contributed by atoms with E-state index in [-0.39, 0.29) is 11.3 Å². The fourth-order valence-electron chi connectivity index (χ4n) is 3.84. The number of benzene rings is 2. The van der Waals surface area contributed by atoms with Crippen molar-refractivity contribution in [1.29, 1.82) is 0 Å². The molecule has 2 aromatic heterocycles. The third-order valence-corrected chi connectivity index (χ3v) is 5.47. The summed E-state index contributed by atoms with van der Waals surface area (Å²) in [6, 6.07) is 20.1. The second kappa shape index (κ2) is 6.31. The molecule has 4 heteroatoms. The van der Waals surface area contributed by atoms with E-state index in [0.29, 0.717) is 23.6 Å². The van der Waals surface area contributed by atoms with Crippen molar-refractivity contribution < 1.29 is 9.53 Å². The van der Waals surface area contributed by atoms with Crippen molar-refractivity contribution in [2.75, 3.05) is 0 Å². The lowest BCUT2D eigenvalue weighted by Crippen LogP contribution is -2.11. The lowest BCUT2D eigenvalue weighted by molar-refractivity contribution is 0.0965. The van der Waals surface area contributed by atoms with Gasteiger partial charge >= 0.3 is 0 Å². The highest BCUT2D eigenvalue weighted by atomic mass is 16.5. The van der Waals surface area contributed by atoms with E-state index in [4.69, 9.17) is 9.72 Å². The van der Waals surface area contributed by atoms with Gasteiger partial charge in [0.2, 0.25) is 0 Å².